The smallest absolute Gasteiger partial charge is 0.267 e. The fourth-order valence-electron chi connectivity index (χ4n) is 3.80. The van der Waals surface area contributed by atoms with E-state index in [9.17, 15) is 9.59 Å². The Labute approximate surface area is 171 Å². The van der Waals surface area contributed by atoms with Crippen LogP contribution in [0.5, 0.6) is 11.5 Å². The molecule has 2 unspecified atom stereocenters. The van der Waals surface area contributed by atoms with Gasteiger partial charge in [-0.25, -0.2) is 0 Å². The van der Waals surface area contributed by atoms with Crippen LogP contribution in [0.25, 0.3) is 0 Å². The molecular formula is C20H28ClN3O4. The standard InChI is InChI=1S/C20H27N3O4.ClH/c1-13(14-10-21-11-14)19(24)22-15-6-8-23(9-7-15)20(25)18-12-26-16-4-2-3-5-17(16)27-18;/h2-5,13-15,18,21H,6-12H2,1H3,(H,22,24);1H. The Kier molecular flexibility index (Phi) is 6.67. The number of nitrogens with zero attached hydrogens (tertiary/aromatic N) is 1. The largest absolute Gasteiger partial charge is 0.485 e. The highest BCUT2D eigenvalue weighted by Gasteiger charge is 2.34. The molecule has 1 aromatic carbocycles. The number of halogens is 1. The first-order chi connectivity index (χ1) is 13.1. The maximum absolute atomic E-state index is 12.8. The molecule has 2 atom stereocenters. The molecule has 8 heteroatoms. The predicted molar refractivity (Wildman–Crippen MR) is 107 cm³/mol. The maximum Gasteiger partial charge on any atom is 0.267 e. The molecule has 0 radical (unpaired) electrons. The number of amides is 2. The zero-order valence-corrected chi connectivity index (χ0v) is 16.9. The average molecular weight is 410 g/mol. The van der Waals surface area contributed by atoms with Crippen molar-refractivity contribution < 1.29 is 19.1 Å². The number of para-hydroxylation sites is 2. The number of carbonyl (C=O) groups excluding carboxylic acids is 2. The molecule has 0 bridgehead atoms. The van der Waals surface area contributed by atoms with E-state index in [1.54, 1.807) is 0 Å². The van der Waals surface area contributed by atoms with Crippen LogP contribution in [-0.4, -0.2) is 61.6 Å². The molecule has 154 valence electrons. The lowest BCUT2D eigenvalue weighted by atomic mass is 9.88. The number of benzene rings is 1. The van der Waals surface area contributed by atoms with E-state index in [1.165, 1.54) is 0 Å². The van der Waals surface area contributed by atoms with Crippen molar-refractivity contribution in [1.29, 1.82) is 0 Å². The van der Waals surface area contributed by atoms with Crippen molar-refractivity contribution >= 4 is 24.2 Å². The van der Waals surface area contributed by atoms with Crippen molar-refractivity contribution in [3.63, 3.8) is 0 Å². The van der Waals surface area contributed by atoms with Gasteiger partial charge in [-0.3, -0.25) is 9.59 Å². The van der Waals surface area contributed by atoms with E-state index in [4.69, 9.17) is 9.47 Å². The van der Waals surface area contributed by atoms with Crippen LogP contribution in [0.4, 0.5) is 0 Å². The Morgan fingerprint density at radius 3 is 2.50 bits per heavy atom. The van der Waals surface area contributed by atoms with E-state index in [0.29, 0.717) is 30.5 Å². The molecule has 2 saturated heterocycles. The van der Waals surface area contributed by atoms with Gasteiger partial charge in [0, 0.05) is 25.0 Å². The van der Waals surface area contributed by atoms with Crippen molar-refractivity contribution in [2.75, 3.05) is 32.8 Å². The summed E-state index contributed by atoms with van der Waals surface area (Å²) in [7, 11) is 0. The Morgan fingerprint density at radius 1 is 1.18 bits per heavy atom. The summed E-state index contributed by atoms with van der Waals surface area (Å²) in [4.78, 5) is 27.0. The predicted octanol–water partition coefficient (Wildman–Crippen LogP) is 1.21. The molecule has 0 spiro atoms. The van der Waals surface area contributed by atoms with Gasteiger partial charge >= 0.3 is 0 Å². The van der Waals surface area contributed by atoms with Gasteiger partial charge < -0.3 is 25.0 Å². The number of carbonyl (C=O) groups is 2. The molecule has 3 aliphatic heterocycles. The van der Waals surface area contributed by atoms with Crippen LogP contribution in [0, 0.1) is 11.8 Å². The third kappa shape index (κ3) is 4.36. The van der Waals surface area contributed by atoms with Crippen molar-refractivity contribution in [2.45, 2.75) is 31.9 Å². The number of nitrogens with one attached hydrogen (secondary N) is 2. The molecule has 0 saturated carbocycles. The highest BCUT2D eigenvalue weighted by atomic mass is 35.5. The van der Waals surface area contributed by atoms with Crippen LogP contribution in [0.15, 0.2) is 24.3 Å². The van der Waals surface area contributed by atoms with E-state index in [-0.39, 0.29) is 42.8 Å². The molecular weight excluding hydrogens is 382 g/mol. The van der Waals surface area contributed by atoms with Gasteiger partial charge in [0.2, 0.25) is 12.0 Å². The van der Waals surface area contributed by atoms with E-state index in [1.807, 2.05) is 36.1 Å². The summed E-state index contributed by atoms with van der Waals surface area (Å²) >= 11 is 0. The maximum atomic E-state index is 12.8. The summed E-state index contributed by atoms with van der Waals surface area (Å²) in [5, 5.41) is 6.37. The minimum atomic E-state index is -0.600. The lowest BCUT2D eigenvalue weighted by molar-refractivity contribution is -0.142. The fraction of sp³-hybridized carbons (Fsp3) is 0.600. The normalized spacial score (nSPS) is 23.2. The number of hydrogen-bond acceptors (Lipinski definition) is 5. The van der Waals surface area contributed by atoms with Crippen LogP contribution >= 0.6 is 12.4 Å². The van der Waals surface area contributed by atoms with Crippen LogP contribution in [0.1, 0.15) is 19.8 Å². The minimum absolute atomic E-state index is 0. The second kappa shape index (κ2) is 9.01. The van der Waals surface area contributed by atoms with Gasteiger partial charge in [-0.1, -0.05) is 19.1 Å². The fourth-order valence-corrected chi connectivity index (χ4v) is 3.80. The second-order valence-electron chi connectivity index (χ2n) is 7.68. The lowest BCUT2D eigenvalue weighted by Crippen LogP contribution is -2.54. The van der Waals surface area contributed by atoms with Gasteiger partial charge in [-0.15, -0.1) is 12.4 Å². The van der Waals surface area contributed by atoms with Gasteiger partial charge in [0.1, 0.15) is 6.61 Å². The van der Waals surface area contributed by atoms with Crippen molar-refractivity contribution in [1.82, 2.24) is 15.5 Å². The Bertz CT molecular complexity index is 704. The van der Waals surface area contributed by atoms with Crippen molar-refractivity contribution in [2.24, 2.45) is 11.8 Å². The van der Waals surface area contributed by atoms with Gasteiger partial charge in [-0.2, -0.15) is 0 Å². The summed E-state index contributed by atoms with van der Waals surface area (Å²) in [6, 6.07) is 7.54. The van der Waals surface area contributed by atoms with E-state index >= 15 is 0 Å². The van der Waals surface area contributed by atoms with E-state index in [2.05, 4.69) is 10.6 Å². The average Bonchev–Trinajstić information content (AvgIpc) is 2.66. The first-order valence-electron chi connectivity index (χ1n) is 9.80. The monoisotopic (exact) mass is 409 g/mol. The lowest BCUT2D eigenvalue weighted by Gasteiger charge is -2.37. The van der Waals surface area contributed by atoms with Crippen molar-refractivity contribution in [3.05, 3.63) is 24.3 Å². The zero-order chi connectivity index (χ0) is 18.8. The molecule has 3 aliphatic rings. The summed E-state index contributed by atoms with van der Waals surface area (Å²) in [5.74, 6) is 1.87. The molecule has 0 aliphatic carbocycles. The topological polar surface area (TPSA) is 79.9 Å². The zero-order valence-electron chi connectivity index (χ0n) is 16.1. The van der Waals surface area contributed by atoms with Gasteiger partial charge in [0.15, 0.2) is 11.5 Å². The third-order valence-corrected chi connectivity index (χ3v) is 5.87. The SMILES string of the molecule is CC(C(=O)NC1CCN(C(=O)C2COc3ccccc3O2)CC1)C1CNC1.Cl. The number of likely N-dealkylation sites (tertiary alicyclic amines) is 1. The minimum Gasteiger partial charge on any atom is -0.485 e. The van der Waals surface area contributed by atoms with Gasteiger partial charge in [0.05, 0.1) is 0 Å². The number of fused-ring (bicyclic) bond motifs is 1. The molecule has 3 heterocycles. The second-order valence-corrected chi connectivity index (χ2v) is 7.68. The molecule has 0 aromatic heterocycles. The van der Waals surface area contributed by atoms with Crippen LogP contribution in [-0.2, 0) is 9.59 Å². The number of hydrogen-bond donors (Lipinski definition) is 2. The van der Waals surface area contributed by atoms with Crippen molar-refractivity contribution in [3.8, 4) is 11.5 Å². The number of rotatable bonds is 4. The highest BCUT2D eigenvalue weighted by Crippen LogP contribution is 2.31. The molecule has 2 fully saturated rings. The number of piperidine rings is 1. The highest BCUT2D eigenvalue weighted by molar-refractivity contribution is 5.85. The Morgan fingerprint density at radius 2 is 1.86 bits per heavy atom. The summed E-state index contributed by atoms with van der Waals surface area (Å²) in [6.07, 6.45) is 0.950. The Balaban J connectivity index is 0.00000225. The summed E-state index contributed by atoms with van der Waals surface area (Å²) < 4.78 is 11.5. The first-order valence-corrected chi connectivity index (χ1v) is 9.80. The summed E-state index contributed by atoms with van der Waals surface area (Å²) in [6.45, 7) is 5.34. The molecule has 4 rings (SSSR count). The van der Waals surface area contributed by atoms with Gasteiger partial charge in [0.25, 0.3) is 5.91 Å². The molecule has 2 N–H and O–H groups in total. The van der Waals surface area contributed by atoms with Gasteiger partial charge in [-0.05, 0) is 44.0 Å². The Hall–Kier alpha value is -1.99. The molecule has 28 heavy (non-hydrogen) atoms. The molecule has 7 nitrogen and oxygen atoms in total. The molecule has 1 aromatic rings. The van der Waals surface area contributed by atoms with Crippen LogP contribution in [0.3, 0.4) is 0 Å². The van der Waals surface area contributed by atoms with Crippen LogP contribution < -0.4 is 20.1 Å². The summed E-state index contributed by atoms with van der Waals surface area (Å²) in [5.41, 5.74) is 0. The first kappa shape index (κ1) is 20.7. The quantitative estimate of drug-likeness (QED) is 0.781. The van der Waals surface area contributed by atoms with E-state index in [0.717, 1.165) is 25.9 Å². The third-order valence-electron chi connectivity index (χ3n) is 5.87. The number of ether oxygens (including phenoxy) is 2. The van der Waals surface area contributed by atoms with Crippen LogP contribution in [0.2, 0.25) is 0 Å². The van der Waals surface area contributed by atoms with E-state index < -0.39 is 6.10 Å². The molecule has 2 amide bonds.